The van der Waals surface area contributed by atoms with Crippen molar-refractivity contribution in [2.75, 3.05) is 13.1 Å². The van der Waals surface area contributed by atoms with Gasteiger partial charge in [0, 0.05) is 5.41 Å². The molecule has 2 heterocycles. The SMILES string of the molecule is Cc1ccc(/C=C/S(=O)(=O)N2CC(Oc3nc4c(C(F)(F)F)cccc4s3)C2)cc1. The lowest BCUT2D eigenvalue weighted by molar-refractivity contribution is -0.136. The summed E-state index contributed by atoms with van der Waals surface area (Å²) in [5, 5.41) is 1.24. The summed E-state index contributed by atoms with van der Waals surface area (Å²) in [7, 11) is -3.60. The van der Waals surface area contributed by atoms with Gasteiger partial charge in [0.2, 0.25) is 10.0 Å². The van der Waals surface area contributed by atoms with Crippen LogP contribution in [-0.4, -0.2) is 36.9 Å². The number of hydrogen-bond donors (Lipinski definition) is 0. The lowest BCUT2D eigenvalue weighted by Crippen LogP contribution is -2.55. The highest BCUT2D eigenvalue weighted by molar-refractivity contribution is 7.92. The summed E-state index contributed by atoms with van der Waals surface area (Å²) >= 11 is 1.01. The number of nitrogens with zero attached hydrogens (tertiary/aromatic N) is 2. The molecule has 0 unspecified atom stereocenters. The van der Waals surface area contributed by atoms with Crippen LogP contribution in [0.2, 0.25) is 0 Å². The van der Waals surface area contributed by atoms with Crippen LogP contribution in [-0.2, 0) is 16.2 Å². The Morgan fingerprint density at radius 3 is 2.53 bits per heavy atom. The van der Waals surface area contributed by atoms with Gasteiger partial charge in [-0.25, -0.2) is 13.4 Å². The largest absolute Gasteiger partial charge is 0.464 e. The molecular formula is C20H17F3N2O3S2. The van der Waals surface area contributed by atoms with Gasteiger partial charge in [-0.15, -0.1) is 0 Å². The molecule has 158 valence electrons. The molecule has 0 amide bonds. The van der Waals surface area contributed by atoms with Gasteiger partial charge >= 0.3 is 6.18 Å². The quantitative estimate of drug-likeness (QED) is 0.561. The van der Waals surface area contributed by atoms with Crippen molar-refractivity contribution < 1.29 is 26.3 Å². The van der Waals surface area contributed by atoms with Crippen LogP contribution in [0.25, 0.3) is 16.3 Å². The predicted octanol–water partition coefficient (Wildman–Crippen LogP) is 4.69. The number of thiazole rings is 1. The van der Waals surface area contributed by atoms with E-state index in [2.05, 4.69) is 4.98 Å². The maximum atomic E-state index is 13.1. The van der Waals surface area contributed by atoms with E-state index in [9.17, 15) is 21.6 Å². The molecule has 0 saturated carbocycles. The number of sulfonamides is 1. The van der Waals surface area contributed by atoms with Gasteiger partial charge in [-0.05, 0) is 30.7 Å². The Hall–Kier alpha value is -2.43. The second-order valence-corrected chi connectivity index (χ2v) is 9.76. The summed E-state index contributed by atoms with van der Waals surface area (Å²) in [6.45, 7) is 2.17. The molecule has 4 rings (SSSR count). The number of halogens is 3. The molecule has 10 heteroatoms. The molecule has 1 saturated heterocycles. The molecule has 0 bridgehead atoms. The first-order valence-corrected chi connectivity index (χ1v) is 11.3. The highest BCUT2D eigenvalue weighted by Crippen LogP contribution is 2.38. The first kappa shape index (κ1) is 20.8. The third-order valence-corrected chi connectivity index (χ3v) is 7.07. The van der Waals surface area contributed by atoms with Gasteiger partial charge in [0.05, 0.1) is 28.9 Å². The Kier molecular flexibility index (Phi) is 5.33. The number of rotatable bonds is 5. The van der Waals surface area contributed by atoms with Crippen molar-refractivity contribution in [1.29, 1.82) is 0 Å². The van der Waals surface area contributed by atoms with E-state index in [-0.39, 0.29) is 23.8 Å². The van der Waals surface area contributed by atoms with Crippen LogP contribution in [0.4, 0.5) is 13.2 Å². The number of fused-ring (bicyclic) bond motifs is 1. The van der Waals surface area contributed by atoms with E-state index >= 15 is 0 Å². The van der Waals surface area contributed by atoms with Crippen molar-refractivity contribution >= 4 is 37.7 Å². The highest BCUT2D eigenvalue weighted by Gasteiger charge is 2.37. The van der Waals surface area contributed by atoms with Gasteiger partial charge in [-0.3, -0.25) is 0 Å². The monoisotopic (exact) mass is 454 g/mol. The molecule has 0 radical (unpaired) electrons. The molecule has 1 aliphatic rings. The summed E-state index contributed by atoms with van der Waals surface area (Å²) in [5.41, 5.74) is 0.877. The zero-order valence-corrected chi connectivity index (χ0v) is 17.4. The van der Waals surface area contributed by atoms with Crippen molar-refractivity contribution in [2.24, 2.45) is 0 Å². The van der Waals surface area contributed by atoms with Crippen molar-refractivity contribution in [3.63, 3.8) is 0 Å². The maximum Gasteiger partial charge on any atom is 0.418 e. The molecule has 1 fully saturated rings. The lowest BCUT2D eigenvalue weighted by Gasteiger charge is -2.36. The molecule has 0 aliphatic carbocycles. The summed E-state index contributed by atoms with van der Waals surface area (Å²) < 4.78 is 71.3. The minimum atomic E-state index is -4.50. The Bertz CT molecular complexity index is 1200. The molecule has 1 aromatic heterocycles. The van der Waals surface area contributed by atoms with E-state index < -0.39 is 27.9 Å². The molecular weight excluding hydrogens is 437 g/mol. The first-order valence-electron chi connectivity index (χ1n) is 9.00. The second-order valence-electron chi connectivity index (χ2n) is 6.95. The Labute approximate surface area is 175 Å². The van der Waals surface area contributed by atoms with E-state index in [1.165, 1.54) is 16.4 Å². The average molecular weight is 454 g/mol. The van der Waals surface area contributed by atoms with Gasteiger partial charge in [-0.2, -0.15) is 17.5 Å². The van der Waals surface area contributed by atoms with Crippen LogP contribution in [0.5, 0.6) is 5.19 Å². The van der Waals surface area contributed by atoms with Gasteiger partial charge in [0.15, 0.2) is 0 Å². The summed E-state index contributed by atoms with van der Waals surface area (Å²) in [6, 6.07) is 11.3. The van der Waals surface area contributed by atoms with Gasteiger partial charge < -0.3 is 4.74 Å². The number of hydrogen-bond acceptors (Lipinski definition) is 5. The van der Waals surface area contributed by atoms with E-state index in [0.29, 0.717) is 4.70 Å². The normalized spacial score (nSPS) is 16.3. The third kappa shape index (κ3) is 4.35. The Morgan fingerprint density at radius 2 is 1.87 bits per heavy atom. The maximum absolute atomic E-state index is 13.1. The minimum Gasteiger partial charge on any atom is -0.464 e. The molecule has 0 spiro atoms. The Morgan fingerprint density at radius 1 is 1.17 bits per heavy atom. The number of aryl methyl sites for hydroxylation is 1. The molecule has 0 N–H and O–H groups in total. The van der Waals surface area contributed by atoms with Crippen LogP contribution in [0.3, 0.4) is 0 Å². The number of aromatic nitrogens is 1. The van der Waals surface area contributed by atoms with Gasteiger partial charge in [-0.1, -0.05) is 47.2 Å². The third-order valence-electron chi connectivity index (χ3n) is 4.66. The molecule has 1 aliphatic heterocycles. The second kappa shape index (κ2) is 7.68. The van der Waals surface area contributed by atoms with Crippen molar-refractivity contribution in [3.05, 3.63) is 64.6 Å². The topological polar surface area (TPSA) is 59.5 Å². The zero-order chi connectivity index (χ0) is 21.5. The molecule has 2 aromatic carbocycles. The van der Waals surface area contributed by atoms with Crippen molar-refractivity contribution in [3.8, 4) is 5.19 Å². The zero-order valence-electron chi connectivity index (χ0n) is 15.8. The number of para-hydroxylation sites is 1. The molecule has 5 nitrogen and oxygen atoms in total. The van der Waals surface area contributed by atoms with E-state index in [1.54, 1.807) is 6.07 Å². The fraction of sp³-hybridized carbons (Fsp3) is 0.250. The van der Waals surface area contributed by atoms with Crippen LogP contribution in [0.15, 0.2) is 47.9 Å². The van der Waals surface area contributed by atoms with E-state index in [4.69, 9.17) is 4.74 Å². The molecule has 0 atom stereocenters. The van der Waals surface area contributed by atoms with Crippen LogP contribution in [0.1, 0.15) is 16.7 Å². The van der Waals surface area contributed by atoms with E-state index in [1.807, 2.05) is 31.2 Å². The fourth-order valence-electron chi connectivity index (χ4n) is 2.96. The lowest BCUT2D eigenvalue weighted by atomic mass is 10.2. The van der Waals surface area contributed by atoms with Gasteiger partial charge in [0.1, 0.15) is 6.10 Å². The summed E-state index contributed by atoms with van der Waals surface area (Å²) in [6.07, 6.45) is -3.44. The summed E-state index contributed by atoms with van der Waals surface area (Å²) in [4.78, 5) is 3.97. The average Bonchev–Trinajstić information content (AvgIpc) is 3.05. The van der Waals surface area contributed by atoms with Crippen LogP contribution < -0.4 is 4.74 Å². The molecule has 30 heavy (non-hydrogen) atoms. The number of ether oxygens (including phenoxy) is 1. The fourth-order valence-corrected chi connectivity index (χ4v) is 5.12. The number of alkyl halides is 3. The van der Waals surface area contributed by atoms with Gasteiger partial charge in [0.25, 0.3) is 5.19 Å². The standard InChI is InChI=1S/C20H17F3N2O3S2/c1-13-5-7-14(8-6-13)9-10-30(26,27)25-11-15(12-25)28-19-24-18-16(20(21,22)23)3-2-4-17(18)29-19/h2-10,15H,11-12H2,1H3/b10-9+. The predicted molar refractivity (Wildman–Crippen MR) is 110 cm³/mol. The minimum absolute atomic E-state index is 0.0962. The van der Waals surface area contributed by atoms with Crippen LogP contribution in [0, 0.1) is 6.92 Å². The highest BCUT2D eigenvalue weighted by atomic mass is 32.2. The molecule has 3 aromatic rings. The first-order chi connectivity index (χ1) is 14.1. The smallest absolute Gasteiger partial charge is 0.418 e. The van der Waals surface area contributed by atoms with Crippen LogP contribution >= 0.6 is 11.3 Å². The number of benzene rings is 2. The summed E-state index contributed by atoms with van der Waals surface area (Å²) in [5.74, 6) is 0. The Balaban J connectivity index is 1.40. The van der Waals surface area contributed by atoms with Crippen molar-refractivity contribution in [1.82, 2.24) is 9.29 Å². The van der Waals surface area contributed by atoms with E-state index in [0.717, 1.165) is 33.9 Å². The van der Waals surface area contributed by atoms with Crippen molar-refractivity contribution in [2.45, 2.75) is 19.2 Å².